The van der Waals surface area contributed by atoms with Crippen molar-refractivity contribution in [2.24, 2.45) is 5.73 Å². The van der Waals surface area contributed by atoms with Crippen LogP contribution in [-0.4, -0.2) is 23.3 Å². The summed E-state index contributed by atoms with van der Waals surface area (Å²) in [6, 6.07) is 6.52. The molecule has 2 atom stereocenters. The van der Waals surface area contributed by atoms with E-state index in [9.17, 15) is 4.79 Å². The van der Waals surface area contributed by atoms with Crippen LogP contribution in [0.4, 0.5) is 4.79 Å². The maximum Gasteiger partial charge on any atom is 0.331 e. The molecule has 1 aliphatic carbocycles. The summed E-state index contributed by atoms with van der Waals surface area (Å²) >= 11 is 0. The first-order chi connectivity index (χ1) is 12.2. The topological polar surface area (TPSA) is 72.1 Å². The highest BCUT2D eigenvalue weighted by atomic mass is 16.2. The van der Waals surface area contributed by atoms with Crippen LogP contribution < -0.4 is 16.5 Å². The Morgan fingerprint density at radius 2 is 2.28 bits per heavy atom. The van der Waals surface area contributed by atoms with Gasteiger partial charge in [-0.25, -0.2) is 10.2 Å². The molecule has 1 fully saturated rings. The van der Waals surface area contributed by atoms with Gasteiger partial charge < -0.3 is 11.1 Å². The number of fused-ring (bicyclic) bond motifs is 2. The van der Waals surface area contributed by atoms with Gasteiger partial charge in [0.2, 0.25) is 0 Å². The summed E-state index contributed by atoms with van der Waals surface area (Å²) in [5.41, 5.74) is 13.5. The van der Waals surface area contributed by atoms with Crippen LogP contribution in [0.2, 0.25) is 0 Å². The highest BCUT2D eigenvalue weighted by Crippen LogP contribution is 2.43. The molecule has 1 aromatic carbocycles. The third kappa shape index (κ3) is 2.80. The lowest BCUT2D eigenvalue weighted by molar-refractivity contribution is 0.257. The molecule has 0 spiro atoms. The maximum absolute atomic E-state index is 11.6. The minimum Gasteiger partial charge on any atom is -0.350 e. The van der Waals surface area contributed by atoms with Crippen LogP contribution in [0.1, 0.15) is 61.8 Å². The third-order valence-electron chi connectivity index (χ3n) is 5.88. The lowest BCUT2D eigenvalue weighted by atomic mass is 9.75. The quantitative estimate of drug-likeness (QED) is 0.730. The maximum atomic E-state index is 11.6. The number of unbranched alkanes of at least 4 members (excludes halogenated alkanes) is 2. The fourth-order valence-electron chi connectivity index (χ4n) is 4.83. The Labute approximate surface area is 148 Å². The van der Waals surface area contributed by atoms with E-state index in [1.807, 2.05) is 4.68 Å². The molecule has 25 heavy (non-hydrogen) atoms. The molecule has 2 aromatic rings. The molecule has 0 saturated carbocycles. The van der Waals surface area contributed by atoms with Gasteiger partial charge >= 0.3 is 6.03 Å². The third-order valence-corrected chi connectivity index (χ3v) is 5.88. The number of carbonyl (C=O) groups excluding carboxylic acids is 1. The van der Waals surface area contributed by atoms with Crippen molar-refractivity contribution in [3.05, 3.63) is 35.0 Å². The molecular formula is C20H28N4O. The van der Waals surface area contributed by atoms with E-state index in [-0.39, 0.29) is 0 Å². The number of rotatable bonds is 5. The van der Waals surface area contributed by atoms with Crippen LogP contribution in [-0.2, 0) is 12.8 Å². The van der Waals surface area contributed by atoms with E-state index < -0.39 is 6.03 Å². The second kappa shape index (κ2) is 6.71. The molecule has 2 heterocycles. The molecule has 2 amide bonds. The van der Waals surface area contributed by atoms with E-state index in [1.165, 1.54) is 47.9 Å². The Morgan fingerprint density at radius 1 is 1.40 bits per heavy atom. The summed E-state index contributed by atoms with van der Waals surface area (Å²) in [5, 5.41) is 5.08. The van der Waals surface area contributed by atoms with Gasteiger partial charge in [-0.3, -0.25) is 4.68 Å². The number of nitrogens with one attached hydrogen (secondary N) is 2. The van der Waals surface area contributed by atoms with Crippen molar-refractivity contribution in [3.63, 3.8) is 0 Å². The molecule has 134 valence electrons. The zero-order valence-electron chi connectivity index (χ0n) is 15.0. The lowest BCUT2D eigenvalue weighted by Gasteiger charge is -2.37. The van der Waals surface area contributed by atoms with Crippen molar-refractivity contribution in [1.29, 1.82) is 0 Å². The number of primary amides is 1. The number of urea groups is 1. The van der Waals surface area contributed by atoms with Gasteiger partial charge in [0.1, 0.15) is 0 Å². The summed E-state index contributed by atoms with van der Waals surface area (Å²) in [4.78, 5) is 11.6. The lowest BCUT2D eigenvalue weighted by Crippen LogP contribution is -2.43. The van der Waals surface area contributed by atoms with E-state index in [4.69, 9.17) is 5.73 Å². The van der Waals surface area contributed by atoms with Crippen molar-refractivity contribution < 1.29 is 4.79 Å². The second-order valence-electron chi connectivity index (χ2n) is 7.45. The number of benzene rings is 1. The first-order valence-electron chi connectivity index (χ1n) is 9.65. The smallest absolute Gasteiger partial charge is 0.331 e. The number of carbonyl (C=O) groups is 1. The average molecular weight is 340 g/mol. The molecule has 1 saturated heterocycles. The van der Waals surface area contributed by atoms with Crippen LogP contribution in [0, 0.1) is 0 Å². The number of hydrogen-bond acceptors (Lipinski definition) is 2. The second-order valence-corrected chi connectivity index (χ2v) is 7.45. The molecule has 4 rings (SSSR count). The van der Waals surface area contributed by atoms with E-state index in [2.05, 4.69) is 35.9 Å². The number of amides is 2. The molecule has 0 unspecified atom stereocenters. The fraction of sp³-hybridized carbons (Fsp3) is 0.550. The Kier molecular flexibility index (Phi) is 4.42. The SMILES string of the molecule is CCCCCc1c2c3c(cccc3n1NC(N)=O)[C@H]1CCCN[C@@H]1C2. The molecule has 5 nitrogen and oxygen atoms in total. The Morgan fingerprint density at radius 3 is 3.08 bits per heavy atom. The monoisotopic (exact) mass is 340 g/mol. The van der Waals surface area contributed by atoms with Crippen molar-refractivity contribution in [2.45, 2.75) is 63.8 Å². The van der Waals surface area contributed by atoms with Gasteiger partial charge in [-0.15, -0.1) is 0 Å². The van der Waals surface area contributed by atoms with E-state index in [0.29, 0.717) is 12.0 Å². The van der Waals surface area contributed by atoms with Gasteiger partial charge in [0.15, 0.2) is 0 Å². The van der Waals surface area contributed by atoms with Crippen molar-refractivity contribution in [1.82, 2.24) is 9.99 Å². The average Bonchev–Trinajstić information content (AvgIpc) is 2.90. The van der Waals surface area contributed by atoms with Gasteiger partial charge in [-0.1, -0.05) is 31.9 Å². The summed E-state index contributed by atoms with van der Waals surface area (Å²) in [6.07, 6.45) is 8.04. The zero-order chi connectivity index (χ0) is 17.4. The van der Waals surface area contributed by atoms with E-state index >= 15 is 0 Å². The van der Waals surface area contributed by atoms with Gasteiger partial charge in [-0.05, 0) is 55.8 Å². The van der Waals surface area contributed by atoms with Gasteiger partial charge in [0.05, 0.1) is 5.52 Å². The molecule has 1 aromatic heterocycles. The van der Waals surface area contributed by atoms with Crippen molar-refractivity contribution in [2.75, 3.05) is 12.0 Å². The number of piperidine rings is 1. The number of hydrogen-bond donors (Lipinski definition) is 3. The van der Waals surface area contributed by atoms with Gasteiger partial charge in [0, 0.05) is 23.0 Å². The van der Waals surface area contributed by atoms with Crippen molar-refractivity contribution in [3.8, 4) is 0 Å². The van der Waals surface area contributed by atoms with Crippen LogP contribution in [0.3, 0.4) is 0 Å². The molecule has 5 heteroatoms. The zero-order valence-corrected chi connectivity index (χ0v) is 15.0. The first kappa shape index (κ1) is 16.5. The summed E-state index contributed by atoms with van der Waals surface area (Å²) in [5.74, 6) is 0.581. The Bertz CT molecular complexity index is 795. The minimum absolute atomic E-state index is 0.500. The van der Waals surface area contributed by atoms with Crippen LogP contribution in [0.15, 0.2) is 18.2 Å². The minimum atomic E-state index is -0.500. The predicted molar refractivity (Wildman–Crippen MR) is 102 cm³/mol. The molecule has 2 aliphatic rings. The van der Waals surface area contributed by atoms with Crippen molar-refractivity contribution >= 4 is 16.9 Å². The fourth-order valence-corrected chi connectivity index (χ4v) is 4.83. The normalized spacial score (nSPS) is 22.0. The number of aromatic nitrogens is 1. The number of nitrogens with zero attached hydrogens (tertiary/aromatic N) is 1. The molecule has 0 radical (unpaired) electrons. The number of nitrogens with two attached hydrogens (primary N) is 1. The Hall–Kier alpha value is -2.01. The van der Waals surface area contributed by atoms with Gasteiger partial charge in [-0.2, -0.15) is 0 Å². The molecule has 1 aliphatic heterocycles. The van der Waals surface area contributed by atoms with Gasteiger partial charge in [0.25, 0.3) is 0 Å². The van der Waals surface area contributed by atoms with E-state index in [1.54, 1.807) is 0 Å². The van der Waals surface area contributed by atoms with E-state index in [0.717, 1.165) is 31.3 Å². The standard InChI is InChI=1S/C20H28N4O/c1-2-3-4-9-17-15-12-16-13(8-6-11-22-16)14-7-5-10-18(19(14)15)24(17)23-20(21)25/h5,7,10,13,16,22H,2-4,6,8-9,11-12H2,1H3,(H3,21,23,25)/t13-,16-/m1/s1. The molecule has 0 bridgehead atoms. The van der Waals surface area contributed by atoms with Crippen LogP contribution in [0.5, 0.6) is 0 Å². The first-order valence-corrected chi connectivity index (χ1v) is 9.65. The Balaban J connectivity index is 1.87. The predicted octanol–water partition coefficient (Wildman–Crippen LogP) is 3.39. The highest BCUT2D eigenvalue weighted by molar-refractivity contribution is 5.93. The molecular weight excluding hydrogens is 312 g/mol. The summed E-state index contributed by atoms with van der Waals surface area (Å²) < 4.78 is 1.96. The molecule has 4 N–H and O–H groups in total. The summed E-state index contributed by atoms with van der Waals surface area (Å²) in [6.45, 7) is 3.33. The van der Waals surface area contributed by atoms with Crippen LogP contribution in [0.25, 0.3) is 10.9 Å². The highest BCUT2D eigenvalue weighted by Gasteiger charge is 2.35. The van der Waals surface area contributed by atoms with Crippen LogP contribution >= 0.6 is 0 Å². The largest absolute Gasteiger partial charge is 0.350 e. The summed E-state index contributed by atoms with van der Waals surface area (Å²) in [7, 11) is 0.